The molecular formula is C16H26F6O3. The van der Waals surface area contributed by atoms with Crippen LogP contribution in [0.2, 0.25) is 0 Å². The molecule has 1 atom stereocenters. The maximum absolute atomic E-state index is 13.0. The minimum absolute atomic E-state index is 0.148. The molecule has 1 N–H and O–H groups in total. The normalized spacial score (nSPS) is 17.2. The number of halogens is 6. The molecule has 25 heavy (non-hydrogen) atoms. The van der Waals surface area contributed by atoms with Gasteiger partial charge in [0.15, 0.2) is 5.60 Å². The predicted molar refractivity (Wildman–Crippen MR) is 79.7 cm³/mol. The van der Waals surface area contributed by atoms with Crippen LogP contribution in [-0.2, 0) is 9.53 Å². The van der Waals surface area contributed by atoms with Gasteiger partial charge < -0.3 is 9.84 Å². The van der Waals surface area contributed by atoms with Gasteiger partial charge in [-0.05, 0) is 39.0 Å². The van der Waals surface area contributed by atoms with E-state index in [1.807, 2.05) is 0 Å². The van der Waals surface area contributed by atoms with Gasteiger partial charge in [-0.1, -0.05) is 27.7 Å². The Morgan fingerprint density at radius 3 is 1.48 bits per heavy atom. The molecule has 0 saturated heterocycles. The van der Waals surface area contributed by atoms with Crippen molar-refractivity contribution in [1.29, 1.82) is 0 Å². The molecule has 0 radical (unpaired) electrons. The van der Waals surface area contributed by atoms with E-state index in [0.717, 1.165) is 0 Å². The maximum atomic E-state index is 13.0. The molecule has 0 rings (SSSR count). The zero-order valence-corrected chi connectivity index (χ0v) is 15.4. The monoisotopic (exact) mass is 380 g/mol. The number of hydrogen-bond donors (Lipinski definition) is 1. The van der Waals surface area contributed by atoms with E-state index in [9.17, 15) is 36.2 Å². The van der Waals surface area contributed by atoms with E-state index < -0.39 is 40.4 Å². The van der Waals surface area contributed by atoms with Crippen LogP contribution < -0.4 is 0 Å². The van der Waals surface area contributed by atoms with E-state index in [-0.39, 0.29) is 12.8 Å². The van der Waals surface area contributed by atoms with Crippen molar-refractivity contribution in [2.24, 2.45) is 10.8 Å². The summed E-state index contributed by atoms with van der Waals surface area (Å²) in [5.41, 5.74) is -10.2. The number of ether oxygens (including phenoxy) is 1. The molecule has 0 spiro atoms. The van der Waals surface area contributed by atoms with Crippen LogP contribution in [0, 0.1) is 10.8 Å². The van der Waals surface area contributed by atoms with Crippen LogP contribution >= 0.6 is 0 Å². The minimum Gasteiger partial charge on any atom is -0.455 e. The first kappa shape index (κ1) is 24.0. The minimum atomic E-state index is -6.08. The van der Waals surface area contributed by atoms with Gasteiger partial charge in [-0.2, -0.15) is 26.3 Å². The van der Waals surface area contributed by atoms with Crippen LogP contribution in [0.3, 0.4) is 0 Å². The molecule has 1 unspecified atom stereocenters. The lowest BCUT2D eigenvalue weighted by Crippen LogP contribution is -2.70. The molecule has 0 amide bonds. The smallest absolute Gasteiger partial charge is 0.430 e. The van der Waals surface area contributed by atoms with Gasteiger partial charge in [0.2, 0.25) is 0 Å². The van der Waals surface area contributed by atoms with Gasteiger partial charge >= 0.3 is 18.3 Å². The molecule has 0 aromatic rings. The Labute approximate surface area is 143 Å². The van der Waals surface area contributed by atoms with Crippen LogP contribution in [0.1, 0.15) is 61.3 Å². The summed E-state index contributed by atoms with van der Waals surface area (Å²) in [4.78, 5) is 12.4. The average Bonchev–Trinajstić information content (AvgIpc) is 2.31. The van der Waals surface area contributed by atoms with Gasteiger partial charge in [0.05, 0.1) is 5.41 Å². The Hall–Kier alpha value is -0.990. The van der Waals surface area contributed by atoms with Crippen molar-refractivity contribution < 1.29 is 41.0 Å². The number of aliphatic hydroxyl groups is 1. The Morgan fingerprint density at radius 1 is 0.880 bits per heavy atom. The Morgan fingerprint density at radius 2 is 1.24 bits per heavy atom. The van der Waals surface area contributed by atoms with Crippen LogP contribution in [0.5, 0.6) is 0 Å². The van der Waals surface area contributed by atoms with Gasteiger partial charge in [0, 0.05) is 0 Å². The lowest BCUT2D eigenvalue weighted by molar-refractivity contribution is -0.408. The second-order valence-electron chi connectivity index (χ2n) is 8.26. The SMILES string of the molecule is CCC(C)(CC(C)(C)C)C(=O)OC(C)(C)C(O)(C(F)(F)F)C(F)(F)F. The Bertz CT molecular complexity index is 474. The highest BCUT2D eigenvalue weighted by Crippen LogP contribution is 2.51. The summed E-state index contributed by atoms with van der Waals surface area (Å²) in [7, 11) is 0. The zero-order chi connectivity index (χ0) is 20.7. The van der Waals surface area contributed by atoms with E-state index >= 15 is 0 Å². The van der Waals surface area contributed by atoms with E-state index in [0.29, 0.717) is 13.8 Å². The summed E-state index contributed by atoms with van der Waals surface area (Å²) in [6.45, 7) is 9.14. The third-order valence-corrected chi connectivity index (χ3v) is 4.23. The second kappa shape index (κ2) is 6.63. The number of rotatable bonds is 5. The number of carbonyl (C=O) groups is 1. The molecule has 0 aromatic heterocycles. The van der Waals surface area contributed by atoms with Gasteiger partial charge in [-0.25, -0.2) is 0 Å². The average molecular weight is 380 g/mol. The largest absolute Gasteiger partial charge is 0.455 e. The second-order valence-corrected chi connectivity index (χ2v) is 8.26. The van der Waals surface area contributed by atoms with Crippen molar-refractivity contribution in [3.63, 3.8) is 0 Å². The first-order valence-electron chi connectivity index (χ1n) is 7.74. The molecule has 150 valence electrons. The summed E-state index contributed by atoms with van der Waals surface area (Å²) in [5, 5.41) is 9.50. The summed E-state index contributed by atoms with van der Waals surface area (Å²) < 4.78 is 82.8. The van der Waals surface area contributed by atoms with Crippen LogP contribution in [-0.4, -0.2) is 34.6 Å². The van der Waals surface area contributed by atoms with Crippen molar-refractivity contribution >= 4 is 5.97 Å². The Kier molecular flexibility index (Phi) is 6.37. The van der Waals surface area contributed by atoms with Gasteiger partial charge in [0.25, 0.3) is 5.60 Å². The van der Waals surface area contributed by atoms with E-state index in [2.05, 4.69) is 4.74 Å². The fourth-order valence-electron chi connectivity index (χ4n) is 2.78. The molecule has 0 bridgehead atoms. The molecule has 0 aliphatic rings. The van der Waals surface area contributed by atoms with Gasteiger partial charge in [-0.15, -0.1) is 0 Å². The molecule has 0 fully saturated rings. The maximum Gasteiger partial charge on any atom is 0.430 e. The third-order valence-electron chi connectivity index (χ3n) is 4.23. The highest BCUT2D eigenvalue weighted by atomic mass is 19.4. The highest BCUT2D eigenvalue weighted by molar-refractivity contribution is 5.77. The number of hydrogen-bond acceptors (Lipinski definition) is 3. The molecule has 0 aliphatic carbocycles. The predicted octanol–water partition coefficient (Wildman–Crippen LogP) is 5.02. The topological polar surface area (TPSA) is 46.5 Å². The fourth-order valence-corrected chi connectivity index (χ4v) is 2.78. The van der Waals surface area contributed by atoms with Crippen LogP contribution in [0.25, 0.3) is 0 Å². The molecule has 0 aromatic carbocycles. The van der Waals surface area contributed by atoms with Crippen molar-refractivity contribution in [3.05, 3.63) is 0 Å². The van der Waals surface area contributed by atoms with Gasteiger partial charge in [0.1, 0.15) is 0 Å². The van der Waals surface area contributed by atoms with E-state index in [4.69, 9.17) is 0 Å². The summed E-state index contributed by atoms with van der Waals surface area (Å²) in [6.07, 6.45) is -11.8. The summed E-state index contributed by atoms with van der Waals surface area (Å²) in [6, 6.07) is 0. The number of esters is 1. The van der Waals surface area contributed by atoms with Crippen molar-refractivity contribution in [1.82, 2.24) is 0 Å². The zero-order valence-electron chi connectivity index (χ0n) is 15.4. The van der Waals surface area contributed by atoms with Gasteiger partial charge in [-0.3, -0.25) is 4.79 Å². The van der Waals surface area contributed by atoms with E-state index in [1.54, 1.807) is 27.7 Å². The number of alkyl halides is 6. The van der Waals surface area contributed by atoms with E-state index in [1.165, 1.54) is 6.92 Å². The fraction of sp³-hybridized carbons (Fsp3) is 0.938. The number of carbonyl (C=O) groups excluding carboxylic acids is 1. The molecular weight excluding hydrogens is 354 g/mol. The third kappa shape index (κ3) is 4.80. The highest BCUT2D eigenvalue weighted by Gasteiger charge is 2.78. The molecule has 3 nitrogen and oxygen atoms in total. The van der Waals surface area contributed by atoms with Crippen molar-refractivity contribution in [2.75, 3.05) is 0 Å². The quantitative estimate of drug-likeness (QED) is 0.538. The Balaban J connectivity index is 5.92. The first-order chi connectivity index (χ1) is 10.6. The van der Waals surface area contributed by atoms with Crippen LogP contribution in [0.15, 0.2) is 0 Å². The first-order valence-corrected chi connectivity index (χ1v) is 7.74. The summed E-state index contributed by atoms with van der Waals surface area (Å²) in [5.74, 6) is -1.22. The molecule has 0 heterocycles. The molecule has 9 heteroatoms. The van der Waals surface area contributed by atoms with Crippen molar-refractivity contribution in [3.8, 4) is 0 Å². The molecule has 0 aliphatic heterocycles. The lowest BCUT2D eigenvalue weighted by atomic mass is 9.73. The van der Waals surface area contributed by atoms with Crippen molar-refractivity contribution in [2.45, 2.75) is 84.9 Å². The summed E-state index contributed by atoms with van der Waals surface area (Å²) >= 11 is 0. The molecule has 0 saturated carbocycles. The van der Waals surface area contributed by atoms with Crippen LogP contribution in [0.4, 0.5) is 26.3 Å². The lowest BCUT2D eigenvalue weighted by Gasteiger charge is -2.45. The standard InChI is InChI=1S/C16H26F6O3/c1-8-13(7,9-11(2,3)4)10(23)25-12(5,6)14(24,15(17,18)19)16(20,21)22/h24H,8-9H2,1-7H3.